The predicted molar refractivity (Wildman–Crippen MR) is 451 cm³/mol. The third-order valence-corrected chi connectivity index (χ3v) is 18.4. The number of allylic oxidation sites excluding steroid dienone is 8. The molecular weight excluding hydrogens is 1400 g/mol. The van der Waals surface area contributed by atoms with Crippen molar-refractivity contribution in [2.75, 3.05) is 92.5 Å². The van der Waals surface area contributed by atoms with Crippen molar-refractivity contribution in [2.24, 2.45) is 0 Å². The molecule has 4 unspecified atom stereocenters. The smallest absolute Gasteiger partial charge is 0.303 e. The van der Waals surface area contributed by atoms with Gasteiger partial charge in [-0.05, 0) is 128 Å². The second-order valence-electron chi connectivity index (χ2n) is 28.9. The second kappa shape index (κ2) is 105. The Kier molecular flexibility index (Phi) is 110. The van der Waals surface area contributed by atoms with Crippen molar-refractivity contribution in [3.05, 3.63) is 48.6 Å². The largest absolute Gasteiger partial charge is 0.481 e. The number of unbranched alkanes of at least 4 members (excludes halogenated alkanes) is 44. The summed E-state index contributed by atoms with van der Waals surface area (Å²) in [6.07, 6.45) is 81.6. The molecule has 110 heavy (non-hydrogen) atoms. The van der Waals surface area contributed by atoms with Crippen molar-refractivity contribution >= 4 is 23.9 Å². The minimum Gasteiger partial charge on any atom is -0.481 e. The van der Waals surface area contributed by atoms with Gasteiger partial charge in [-0.3, -0.25) is 19.2 Å². The fourth-order valence-electron chi connectivity index (χ4n) is 12.0. The molecule has 20 nitrogen and oxygen atoms in total. The molecule has 654 valence electrons. The van der Waals surface area contributed by atoms with E-state index in [1.54, 1.807) is 0 Å². The maximum Gasteiger partial charge on any atom is 0.303 e. The fraction of sp³-hybridized carbons (Fsp3) is 0.867. The van der Waals surface area contributed by atoms with Gasteiger partial charge in [0.05, 0.1) is 92.5 Å². The summed E-state index contributed by atoms with van der Waals surface area (Å²) in [4.78, 5) is 41.3. The van der Waals surface area contributed by atoms with Crippen molar-refractivity contribution in [1.82, 2.24) is 0 Å². The lowest BCUT2D eigenvalue weighted by atomic mass is 10.0. The first-order valence-corrected chi connectivity index (χ1v) is 44.5. The van der Waals surface area contributed by atoms with Gasteiger partial charge < -0.3 is 79.5 Å². The standard InChI is InChI=1S/C18H38O12.4C18H34O2/c19-1-7-25-13-15(27-9-3-21)17(29-11-5-23)18(30-12-6-24)16(28-10-4-22)14-26-8-2-20;4*1-2-3-4-5-6-7-8-9-10-11-12-13-14-15-16-17-18(19)20/h15-24H,1-14H2;4*9-10H,2-8,11-17H2,1H3,(H,19,20). The number of aliphatic carboxylic acids is 4. The number of aliphatic hydroxyl groups excluding tert-OH is 6. The highest BCUT2D eigenvalue weighted by Gasteiger charge is 2.38. The molecular formula is C90H174O20. The van der Waals surface area contributed by atoms with Gasteiger partial charge in [-0.2, -0.15) is 0 Å². The molecule has 20 heteroatoms. The van der Waals surface area contributed by atoms with Crippen LogP contribution in [-0.2, 0) is 47.6 Å². The first-order valence-electron chi connectivity index (χ1n) is 44.5. The lowest BCUT2D eigenvalue weighted by molar-refractivity contribution is -0.203. The van der Waals surface area contributed by atoms with Gasteiger partial charge in [0.15, 0.2) is 0 Å². The van der Waals surface area contributed by atoms with Crippen LogP contribution in [0.25, 0.3) is 0 Å². The summed E-state index contributed by atoms with van der Waals surface area (Å²) in [7, 11) is 0. The maximum atomic E-state index is 10.3. The van der Waals surface area contributed by atoms with Crippen LogP contribution in [0.1, 0.15) is 387 Å². The molecule has 0 aromatic rings. The zero-order valence-corrected chi connectivity index (χ0v) is 71.0. The minimum atomic E-state index is -0.879. The van der Waals surface area contributed by atoms with Gasteiger partial charge >= 0.3 is 23.9 Å². The van der Waals surface area contributed by atoms with Gasteiger partial charge in [-0.25, -0.2) is 0 Å². The first kappa shape index (κ1) is 115. The molecule has 0 aromatic heterocycles. The van der Waals surface area contributed by atoms with Gasteiger partial charge in [0.2, 0.25) is 0 Å². The van der Waals surface area contributed by atoms with Crippen molar-refractivity contribution in [3.8, 4) is 0 Å². The molecule has 0 saturated heterocycles. The van der Waals surface area contributed by atoms with Gasteiger partial charge in [0.1, 0.15) is 24.4 Å². The number of hydrogen-bond acceptors (Lipinski definition) is 16. The van der Waals surface area contributed by atoms with Gasteiger partial charge in [-0.1, -0.05) is 282 Å². The Labute approximate surface area is 672 Å². The Morgan fingerprint density at radius 2 is 0.391 bits per heavy atom. The summed E-state index contributed by atoms with van der Waals surface area (Å²) in [6.45, 7) is 7.47. The maximum absolute atomic E-state index is 10.3. The normalized spacial score (nSPS) is 12.5. The molecule has 0 aliphatic rings. The molecule has 0 rings (SSSR count). The summed E-state index contributed by atoms with van der Waals surface area (Å²) in [5, 5.41) is 88.7. The molecule has 0 fully saturated rings. The molecule has 0 aromatic carbocycles. The van der Waals surface area contributed by atoms with E-state index >= 15 is 0 Å². The highest BCUT2D eigenvalue weighted by atomic mass is 16.6. The van der Waals surface area contributed by atoms with Crippen molar-refractivity contribution in [2.45, 2.75) is 412 Å². The molecule has 0 heterocycles. The van der Waals surface area contributed by atoms with E-state index < -0.39 is 48.3 Å². The Balaban J connectivity index is -0.000000422. The molecule has 4 atom stereocenters. The summed E-state index contributed by atoms with van der Waals surface area (Å²) in [5.41, 5.74) is 0. The lowest BCUT2D eigenvalue weighted by Crippen LogP contribution is -2.53. The summed E-state index contributed by atoms with van der Waals surface area (Å²) in [6, 6.07) is 0. The topological polar surface area (TPSA) is 326 Å². The van der Waals surface area contributed by atoms with Crippen molar-refractivity contribution in [1.29, 1.82) is 0 Å². The van der Waals surface area contributed by atoms with Crippen LogP contribution in [0.2, 0.25) is 0 Å². The molecule has 0 spiro atoms. The first-order chi connectivity index (χ1) is 53.8. The number of carboxylic acids is 4. The van der Waals surface area contributed by atoms with Crippen LogP contribution in [-0.4, -0.2) is 192 Å². The Hall–Kier alpha value is -3.64. The minimum absolute atomic E-state index is 0.0140. The third kappa shape index (κ3) is 106. The fourth-order valence-corrected chi connectivity index (χ4v) is 12.0. The number of rotatable bonds is 83. The van der Waals surface area contributed by atoms with Crippen molar-refractivity contribution < 1.29 is 98.7 Å². The number of carbonyl (C=O) groups is 4. The van der Waals surface area contributed by atoms with Crippen LogP contribution in [0.3, 0.4) is 0 Å². The second-order valence-corrected chi connectivity index (χ2v) is 28.9. The van der Waals surface area contributed by atoms with Crippen LogP contribution in [0, 0.1) is 0 Å². The molecule has 0 bridgehead atoms. The predicted octanol–water partition coefficient (Wildman–Crippen LogP) is 20.9. The quantitative estimate of drug-likeness (QED) is 0.0200. The number of carboxylic acid groups (broad SMARTS) is 4. The SMILES string of the molecule is CCCCCCCCC=CCCCCCCCC(=O)O.CCCCCCCCC=CCCCCCCCC(=O)O.CCCCCCCCC=CCCCCCCCC(=O)O.CCCCCCCCC=CCCCCCCCC(=O)O.OCCOCC(OCCO)C(OCCO)C(OCCO)C(COCCO)OCCO. The van der Waals surface area contributed by atoms with E-state index in [4.69, 9.17) is 69.3 Å². The van der Waals surface area contributed by atoms with E-state index in [0.29, 0.717) is 25.7 Å². The van der Waals surface area contributed by atoms with Crippen LogP contribution in [0.5, 0.6) is 0 Å². The molecule has 0 saturated carbocycles. The van der Waals surface area contributed by atoms with Crippen LogP contribution in [0.4, 0.5) is 0 Å². The number of ether oxygens (including phenoxy) is 6. The van der Waals surface area contributed by atoms with E-state index in [1.807, 2.05) is 0 Å². The Morgan fingerprint density at radius 3 is 0.564 bits per heavy atom. The summed E-state index contributed by atoms with van der Waals surface area (Å²) >= 11 is 0. The molecule has 0 aliphatic heterocycles. The zero-order chi connectivity index (χ0) is 82.0. The van der Waals surface area contributed by atoms with Crippen LogP contribution in [0.15, 0.2) is 48.6 Å². The van der Waals surface area contributed by atoms with Crippen LogP contribution >= 0.6 is 0 Å². The van der Waals surface area contributed by atoms with E-state index in [0.717, 1.165) is 51.4 Å². The highest BCUT2D eigenvalue weighted by molar-refractivity contribution is 5.67. The van der Waals surface area contributed by atoms with E-state index in [1.165, 1.54) is 283 Å². The monoisotopic (exact) mass is 1580 g/mol. The van der Waals surface area contributed by atoms with E-state index in [9.17, 15) is 29.4 Å². The van der Waals surface area contributed by atoms with Gasteiger partial charge in [0.25, 0.3) is 0 Å². The van der Waals surface area contributed by atoms with Gasteiger partial charge in [0, 0.05) is 25.7 Å². The van der Waals surface area contributed by atoms with E-state index in [-0.39, 0.29) is 92.5 Å². The average molecular weight is 1580 g/mol. The molecule has 0 amide bonds. The van der Waals surface area contributed by atoms with Crippen molar-refractivity contribution in [3.63, 3.8) is 0 Å². The highest BCUT2D eigenvalue weighted by Crippen LogP contribution is 2.21. The molecule has 0 radical (unpaired) electrons. The third-order valence-electron chi connectivity index (χ3n) is 18.4. The van der Waals surface area contributed by atoms with Gasteiger partial charge in [-0.15, -0.1) is 0 Å². The Morgan fingerprint density at radius 1 is 0.227 bits per heavy atom. The Bertz CT molecular complexity index is 1670. The average Bonchev–Trinajstić information content (AvgIpc) is 0.844. The zero-order valence-electron chi connectivity index (χ0n) is 71.0. The number of hydrogen-bond donors (Lipinski definition) is 10. The van der Waals surface area contributed by atoms with Crippen LogP contribution < -0.4 is 0 Å². The molecule has 0 aliphatic carbocycles. The summed E-state index contributed by atoms with van der Waals surface area (Å²) in [5.74, 6) is -2.66. The lowest BCUT2D eigenvalue weighted by Gasteiger charge is -2.37. The molecule has 10 N–H and O–H groups in total. The number of aliphatic hydroxyl groups is 6. The van der Waals surface area contributed by atoms with E-state index in [2.05, 4.69) is 76.3 Å². The summed E-state index contributed by atoms with van der Waals surface area (Å²) < 4.78 is 33.5.